The molecule has 8 heteroatoms. The Bertz CT molecular complexity index is 1130. The molecule has 1 amide bonds. The first-order valence-electron chi connectivity index (χ1n) is 9.19. The van der Waals surface area contributed by atoms with E-state index in [9.17, 15) is 4.79 Å². The Kier molecular flexibility index (Phi) is 5.56. The van der Waals surface area contributed by atoms with Crippen LogP contribution in [0.5, 0.6) is 11.5 Å². The summed E-state index contributed by atoms with van der Waals surface area (Å²) in [4.78, 5) is 20.0. The first-order chi connectivity index (χ1) is 14.7. The number of para-hydroxylation sites is 1. The van der Waals surface area contributed by atoms with Crippen LogP contribution in [0.2, 0.25) is 0 Å². The molecule has 30 heavy (non-hydrogen) atoms. The van der Waals surface area contributed by atoms with E-state index in [1.165, 1.54) is 6.20 Å². The summed E-state index contributed by atoms with van der Waals surface area (Å²) < 4.78 is 5.81. The molecular formula is C22H18N6O2. The fourth-order valence-electron chi connectivity index (χ4n) is 2.67. The Balaban J connectivity index is 1.44. The number of rotatable bonds is 6. The average Bonchev–Trinajstić information content (AvgIpc) is 2.80. The van der Waals surface area contributed by atoms with Gasteiger partial charge in [-0.2, -0.15) is 0 Å². The maximum atomic E-state index is 11.7. The lowest BCUT2D eigenvalue weighted by Gasteiger charge is -2.08. The lowest BCUT2D eigenvalue weighted by Crippen LogP contribution is -2.18. The quantitative estimate of drug-likeness (QED) is 0.509. The van der Waals surface area contributed by atoms with Gasteiger partial charge in [0.05, 0.1) is 6.20 Å². The predicted molar refractivity (Wildman–Crippen MR) is 113 cm³/mol. The Morgan fingerprint density at radius 3 is 2.40 bits per heavy atom. The van der Waals surface area contributed by atoms with E-state index in [-0.39, 0.29) is 11.6 Å². The van der Waals surface area contributed by atoms with E-state index in [0.717, 1.165) is 11.3 Å². The molecule has 0 fully saturated rings. The maximum absolute atomic E-state index is 11.7. The van der Waals surface area contributed by atoms with Crippen LogP contribution in [0.1, 0.15) is 10.5 Å². The highest BCUT2D eigenvalue weighted by molar-refractivity contribution is 5.92. The van der Waals surface area contributed by atoms with Crippen LogP contribution in [0.3, 0.4) is 0 Å². The van der Waals surface area contributed by atoms with Crippen molar-refractivity contribution >= 4 is 17.5 Å². The monoisotopic (exact) mass is 398 g/mol. The molecule has 0 saturated heterocycles. The highest BCUT2D eigenvalue weighted by Crippen LogP contribution is 2.25. The van der Waals surface area contributed by atoms with Gasteiger partial charge in [-0.25, -0.2) is 4.98 Å². The first kappa shape index (κ1) is 19.0. The molecule has 148 valence electrons. The summed E-state index contributed by atoms with van der Waals surface area (Å²) in [7, 11) is 1.55. The van der Waals surface area contributed by atoms with Gasteiger partial charge in [-0.1, -0.05) is 18.2 Å². The normalized spacial score (nSPS) is 10.3. The van der Waals surface area contributed by atoms with Gasteiger partial charge in [-0.05, 0) is 42.5 Å². The van der Waals surface area contributed by atoms with Gasteiger partial charge in [0.15, 0.2) is 0 Å². The molecule has 0 spiro atoms. The van der Waals surface area contributed by atoms with Crippen LogP contribution >= 0.6 is 0 Å². The molecule has 2 aromatic carbocycles. The number of carbonyl (C=O) groups excluding carboxylic acids is 1. The maximum Gasteiger partial charge on any atom is 0.269 e. The fourth-order valence-corrected chi connectivity index (χ4v) is 2.67. The van der Waals surface area contributed by atoms with Crippen LogP contribution in [0, 0.1) is 0 Å². The van der Waals surface area contributed by atoms with E-state index < -0.39 is 0 Å². The molecule has 0 aliphatic heterocycles. The molecule has 0 unspecified atom stereocenters. The summed E-state index contributed by atoms with van der Waals surface area (Å²) in [6.45, 7) is 0. The molecule has 0 bridgehead atoms. The van der Waals surface area contributed by atoms with E-state index in [0.29, 0.717) is 23.1 Å². The summed E-state index contributed by atoms with van der Waals surface area (Å²) in [5.41, 5.74) is 2.68. The van der Waals surface area contributed by atoms with Crippen molar-refractivity contribution < 1.29 is 9.53 Å². The second-order valence-electron chi connectivity index (χ2n) is 6.24. The number of ether oxygens (including phenoxy) is 1. The number of pyridine rings is 1. The van der Waals surface area contributed by atoms with Crippen LogP contribution in [0.25, 0.3) is 11.3 Å². The Morgan fingerprint density at radius 2 is 1.70 bits per heavy atom. The molecule has 0 saturated carbocycles. The Hall–Kier alpha value is -4.33. The molecule has 0 atom stereocenters. The van der Waals surface area contributed by atoms with Crippen LogP contribution in [0.15, 0.2) is 79.1 Å². The van der Waals surface area contributed by atoms with Crippen molar-refractivity contribution in [2.45, 2.75) is 0 Å². The number of nitrogens with zero attached hydrogens (tertiary/aromatic N) is 4. The number of carbonyl (C=O) groups is 1. The summed E-state index contributed by atoms with van der Waals surface area (Å²) >= 11 is 0. The molecule has 4 rings (SSSR count). The summed E-state index contributed by atoms with van der Waals surface area (Å²) in [5.74, 6) is 1.30. The number of aromatic nitrogens is 4. The van der Waals surface area contributed by atoms with Crippen molar-refractivity contribution in [3.8, 4) is 22.8 Å². The van der Waals surface area contributed by atoms with E-state index in [4.69, 9.17) is 4.74 Å². The number of nitrogens with one attached hydrogen (secondary N) is 2. The largest absolute Gasteiger partial charge is 0.457 e. The third kappa shape index (κ3) is 4.56. The van der Waals surface area contributed by atoms with E-state index in [2.05, 4.69) is 30.8 Å². The average molecular weight is 398 g/mol. The fraction of sp³-hybridized carbons (Fsp3) is 0.0455. The van der Waals surface area contributed by atoms with E-state index in [1.54, 1.807) is 25.4 Å². The molecule has 0 aliphatic rings. The lowest BCUT2D eigenvalue weighted by molar-refractivity contribution is 0.0958. The zero-order valence-corrected chi connectivity index (χ0v) is 16.1. The third-order valence-electron chi connectivity index (χ3n) is 4.17. The van der Waals surface area contributed by atoms with Crippen molar-refractivity contribution in [1.82, 2.24) is 25.5 Å². The minimum atomic E-state index is -0.271. The van der Waals surface area contributed by atoms with Crippen molar-refractivity contribution in [1.29, 1.82) is 0 Å². The van der Waals surface area contributed by atoms with E-state index in [1.807, 2.05) is 54.6 Å². The molecule has 2 heterocycles. The van der Waals surface area contributed by atoms with E-state index >= 15 is 0 Å². The van der Waals surface area contributed by atoms with Crippen LogP contribution in [-0.4, -0.2) is 33.1 Å². The van der Waals surface area contributed by atoms with Gasteiger partial charge in [-0.3, -0.25) is 9.78 Å². The van der Waals surface area contributed by atoms with Crippen molar-refractivity contribution in [2.75, 3.05) is 12.4 Å². The highest BCUT2D eigenvalue weighted by atomic mass is 16.5. The van der Waals surface area contributed by atoms with Gasteiger partial charge >= 0.3 is 0 Å². The highest BCUT2D eigenvalue weighted by Gasteiger charge is 2.08. The molecular weight excluding hydrogens is 380 g/mol. The predicted octanol–water partition coefficient (Wildman–Crippen LogP) is 3.83. The third-order valence-corrected chi connectivity index (χ3v) is 4.17. The molecule has 8 nitrogen and oxygen atoms in total. The lowest BCUT2D eigenvalue weighted by atomic mass is 10.1. The number of hydrogen-bond donors (Lipinski definition) is 2. The van der Waals surface area contributed by atoms with Crippen molar-refractivity contribution in [2.24, 2.45) is 0 Å². The molecule has 2 N–H and O–H groups in total. The Labute approximate surface area is 173 Å². The smallest absolute Gasteiger partial charge is 0.269 e. The number of benzene rings is 2. The number of hydrogen-bond acceptors (Lipinski definition) is 7. The Morgan fingerprint density at radius 1 is 0.900 bits per heavy atom. The first-order valence-corrected chi connectivity index (χ1v) is 9.19. The van der Waals surface area contributed by atoms with Gasteiger partial charge < -0.3 is 15.4 Å². The summed E-state index contributed by atoms with van der Waals surface area (Å²) in [6, 6.07) is 20.3. The van der Waals surface area contributed by atoms with Gasteiger partial charge in [0, 0.05) is 30.6 Å². The van der Waals surface area contributed by atoms with Gasteiger partial charge in [-0.15, -0.1) is 10.2 Å². The molecule has 0 aliphatic carbocycles. The van der Waals surface area contributed by atoms with Crippen LogP contribution in [-0.2, 0) is 0 Å². The molecule has 4 aromatic rings. The van der Waals surface area contributed by atoms with Gasteiger partial charge in [0.25, 0.3) is 5.91 Å². The van der Waals surface area contributed by atoms with Crippen LogP contribution in [0.4, 0.5) is 11.6 Å². The number of anilines is 2. The van der Waals surface area contributed by atoms with Crippen LogP contribution < -0.4 is 15.4 Å². The second kappa shape index (κ2) is 8.78. The summed E-state index contributed by atoms with van der Waals surface area (Å²) in [6.07, 6.45) is 3.19. The zero-order valence-electron chi connectivity index (χ0n) is 16.1. The second-order valence-corrected chi connectivity index (χ2v) is 6.24. The topological polar surface area (TPSA) is 102 Å². The van der Waals surface area contributed by atoms with Crippen molar-refractivity contribution in [3.05, 3.63) is 84.8 Å². The van der Waals surface area contributed by atoms with Crippen molar-refractivity contribution in [3.63, 3.8) is 0 Å². The zero-order chi connectivity index (χ0) is 20.8. The van der Waals surface area contributed by atoms with Gasteiger partial charge in [0.2, 0.25) is 5.95 Å². The minimum Gasteiger partial charge on any atom is -0.457 e. The molecule has 2 aromatic heterocycles. The number of amides is 1. The molecule has 0 radical (unpaired) electrons. The minimum absolute atomic E-state index is 0.271. The standard InChI is InChI=1S/C22H18N6O2/c1-23-21(29)19-13-18(11-12-24-19)30-17-9-7-15(8-10-17)20-14-25-22(28-27-20)26-16-5-3-2-4-6-16/h2-14H,1H3,(H,23,29)(H,25,26,28). The summed E-state index contributed by atoms with van der Waals surface area (Å²) in [5, 5.41) is 14.0. The van der Waals surface area contributed by atoms with Gasteiger partial charge in [0.1, 0.15) is 22.9 Å². The SMILES string of the molecule is CNC(=O)c1cc(Oc2ccc(-c3cnc(Nc4ccccc4)nn3)cc2)ccn1.